The minimum atomic E-state index is -3.22. The molecule has 1 aliphatic heterocycles. The van der Waals surface area contributed by atoms with Gasteiger partial charge in [0, 0.05) is 0 Å². The van der Waals surface area contributed by atoms with Crippen molar-refractivity contribution in [2.45, 2.75) is 44.8 Å². The van der Waals surface area contributed by atoms with Crippen molar-refractivity contribution >= 4 is 10.1 Å². The molecule has 0 aromatic heterocycles. The minimum absolute atomic E-state index is 0.214. The Labute approximate surface area is 104 Å². The van der Waals surface area contributed by atoms with Crippen LogP contribution in [0.15, 0.2) is 0 Å². The van der Waals surface area contributed by atoms with E-state index in [2.05, 4.69) is 13.8 Å². The van der Waals surface area contributed by atoms with Crippen LogP contribution in [0.1, 0.15) is 39.5 Å². The van der Waals surface area contributed by atoms with Crippen LogP contribution in [0.25, 0.3) is 0 Å². The lowest BCUT2D eigenvalue weighted by molar-refractivity contribution is 0.180. The summed E-state index contributed by atoms with van der Waals surface area (Å²) >= 11 is 0. The van der Waals surface area contributed by atoms with E-state index in [4.69, 9.17) is 4.18 Å². The Morgan fingerprint density at radius 1 is 1.18 bits per heavy atom. The number of hydrogen-bond donors (Lipinski definition) is 0. The molecule has 1 heterocycles. The predicted octanol–water partition coefficient (Wildman–Crippen LogP) is 2.42. The Kier molecular flexibility index (Phi) is 2.78. The molecule has 1 saturated heterocycles. The molecule has 6 atom stereocenters. The van der Waals surface area contributed by atoms with Gasteiger partial charge in [-0.15, -0.1) is 0 Å². The van der Waals surface area contributed by atoms with Crippen molar-refractivity contribution in [3.05, 3.63) is 0 Å². The second-order valence-corrected chi connectivity index (χ2v) is 8.22. The zero-order chi connectivity index (χ0) is 12.2. The number of fused-ring (bicyclic) bond motifs is 2. The van der Waals surface area contributed by atoms with E-state index >= 15 is 0 Å². The first-order valence-corrected chi connectivity index (χ1v) is 8.34. The number of hydrogen-bond acceptors (Lipinski definition) is 3. The fourth-order valence-electron chi connectivity index (χ4n) is 4.48. The SMILES string of the molecule is CC1C2CC(CC3CCOS3(=O)=O)C(C2)C1C. The Balaban J connectivity index is 1.69. The van der Waals surface area contributed by atoms with E-state index in [1.54, 1.807) is 0 Å². The van der Waals surface area contributed by atoms with Crippen LogP contribution in [0.2, 0.25) is 0 Å². The largest absolute Gasteiger partial charge is 0.270 e. The standard InChI is InChI=1S/C13H22O3S/c1-8-9(2)13-7-10(8)5-11(13)6-12-3-4-16-17(12,14)15/h8-13H,3-7H2,1-2H3. The van der Waals surface area contributed by atoms with Crippen molar-refractivity contribution in [2.24, 2.45) is 29.6 Å². The van der Waals surface area contributed by atoms with Gasteiger partial charge < -0.3 is 0 Å². The fraction of sp³-hybridized carbons (Fsp3) is 1.00. The maximum absolute atomic E-state index is 11.7. The average molecular weight is 258 g/mol. The van der Waals surface area contributed by atoms with Crippen LogP contribution >= 0.6 is 0 Å². The summed E-state index contributed by atoms with van der Waals surface area (Å²) in [4.78, 5) is 0. The second-order valence-electron chi connectivity index (χ2n) is 6.33. The second kappa shape index (κ2) is 3.95. The van der Waals surface area contributed by atoms with E-state index in [1.165, 1.54) is 12.8 Å². The highest BCUT2D eigenvalue weighted by molar-refractivity contribution is 7.87. The molecule has 0 spiro atoms. The maximum atomic E-state index is 11.7. The first-order valence-electron chi connectivity index (χ1n) is 6.87. The summed E-state index contributed by atoms with van der Waals surface area (Å²) in [5, 5.41) is -0.214. The van der Waals surface area contributed by atoms with Gasteiger partial charge in [-0.25, -0.2) is 0 Å². The molecule has 0 N–H and O–H groups in total. The van der Waals surface area contributed by atoms with E-state index in [-0.39, 0.29) is 5.25 Å². The van der Waals surface area contributed by atoms with Crippen molar-refractivity contribution in [3.8, 4) is 0 Å². The molecule has 0 aromatic carbocycles. The van der Waals surface area contributed by atoms with Gasteiger partial charge in [0.1, 0.15) is 0 Å². The topological polar surface area (TPSA) is 43.4 Å². The summed E-state index contributed by atoms with van der Waals surface area (Å²) < 4.78 is 28.2. The van der Waals surface area contributed by atoms with Gasteiger partial charge in [0.15, 0.2) is 0 Å². The molecule has 3 rings (SSSR count). The van der Waals surface area contributed by atoms with Crippen LogP contribution in [-0.2, 0) is 14.3 Å². The van der Waals surface area contributed by atoms with Crippen molar-refractivity contribution in [2.75, 3.05) is 6.61 Å². The van der Waals surface area contributed by atoms with E-state index in [1.807, 2.05) is 0 Å². The van der Waals surface area contributed by atoms with Crippen LogP contribution in [0, 0.1) is 29.6 Å². The van der Waals surface area contributed by atoms with Crippen LogP contribution in [0.5, 0.6) is 0 Å². The molecule has 0 amide bonds. The summed E-state index contributed by atoms with van der Waals surface area (Å²) in [5.74, 6) is 3.87. The molecule has 6 unspecified atom stereocenters. The monoisotopic (exact) mass is 258 g/mol. The Hall–Kier alpha value is -0.0900. The Bertz CT molecular complexity index is 401. The highest BCUT2D eigenvalue weighted by atomic mass is 32.2. The molecule has 0 aromatic rings. The number of rotatable bonds is 2. The molecule has 4 heteroatoms. The molecule has 3 nitrogen and oxygen atoms in total. The average Bonchev–Trinajstić information content (AvgIpc) is 2.88. The summed E-state index contributed by atoms with van der Waals surface area (Å²) in [7, 11) is -3.22. The zero-order valence-corrected chi connectivity index (χ0v) is 11.4. The zero-order valence-electron chi connectivity index (χ0n) is 10.6. The quantitative estimate of drug-likeness (QED) is 0.714. The van der Waals surface area contributed by atoms with Crippen LogP contribution in [-0.4, -0.2) is 20.3 Å². The van der Waals surface area contributed by atoms with Gasteiger partial charge in [-0.1, -0.05) is 13.8 Å². The molecule has 2 aliphatic carbocycles. The molecule has 2 saturated carbocycles. The van der Waals surface area contributed by atoms with Gasteiger partial charge in [-0.05, 0) is 55.3 Å². The van der Waals surface area contributed by atoms with E-state index in [0.717, 1.165) is 30.1 Å². The lowest BCUT2D eigenvalue weighted by atomic mass is 9.74. The van der Waals surface area contributed by atoms with Crippen LogP contribution < -0.4 is 0 Å². The lowest BCUT2D eigenvalue weighted by Crippen LogP contribution is -2.28. The molecule has 2 bridgehead atoms. The molecular formula is C13H22O3S. The third kappa shape index (κ3) is 1.84. The molecule has 3 aliphatic rings. The molecule has 17 heavy (non-hydrogen) atoms. The summed E-state index contributed by atoms with van der Waals surface area (Å²) in [6, 6.07) is 0. The Morgan fingerprint density at radius 3 is 2.47 bits per heavy atom. The predicted molar refractivity (Wildman–Crippen MR) is 65.9 cm³/mol. The van der Waals surface area contributed by atoms with Gasteiger partial charge in [-0.3, -0.25) is 4.18 Å². The van der Waals surface area contributed by atoms with Gasteiger partial charge in [0.25, 0.3) is 10.1 Å². The van der Waals surface area contributed by atoms with E-state index < -0.39 is 10.1 Å². The lowest BCUT2D eigenvalue weighted by Gasteiger charge is -2.32. The van der Waals surface area contributed by atoms with Crippen LogP contribution in [0.4, 0.5) is 0 Å². The highest BCUT2D eigenvalue weighted by Crippen LogP contribution is 2.56. The molecular weight excluding hydrogens is 236 g/mol. The third-order valence-corrected chi connectivity index (χ3v) is 7.44. The molecule has 0 radical (unpaired) electrons. The molecule has 98 valence electrons. The first kappa shape index (κ1) is 12.0. The normalized spacial score (nSPS) is 52.1. The van der Waals surface area contributed by atoms with Gasteiger partial charge in [0.05, 0.1) is 11.9 Å². The van der Waals surface area contributed by atoms with Crippen LogP contribution in [0.3, 0.4) is 0 Å². The van der Waals surface area contributed by atoms with E-state index in [0.29, 0.717) is 18.9 Å². The van der Waals surface area contributed by atoms with Crippen molar-refractivity contribution < 1.29 is 12.6 Å². The highest BCUT2D eigenvalue weighted by Gasteiger charge is 2.50. The van der Waals surface area contributed by atoms with Gasteiger partial charge >= 0.3 is 0 Å². The van der Waals surface area contributed by atoms with Gasteiger partial charge in [0.2, 0.25) is 0 Å². The van der Waals surface area contributed by atoms with Crippen molar-refractivity contribution in [1.29, 1.82) is 0 Å². The minimum Gasteiger partial charge on any atom is -0.270 e. The van der Waals surface area contributed by atoms with Gasteiger partial charge in [-0.2, -0.15) is 8.42 Å². The van der Waals surface area contributed by atoms with Crippen molar-refractivity contribution in [3.63, 3.8) is 0 Å². The first-order chi connectivity index (χ1) is 7.99. The maximum Gasteiger partial charge on any atom is 0.270 e. The van der Waals surface area contributed by atoms with E-state index in [9.17, 15) is 8.42 Å². The molecule has 3 fully saturated rings. The summed E-state index contributed by atoms with van der Waals surface area (Å²) in [6.45, 7) is 5.11. The summed E-state index contributed by atoms with van der Waals surface area (Å²) in [5.41, 5.74) is 0. The smallest absolute Gasteiger partial charge is 0.270 e. The summed E-state index contributed by atoms with van der Waals surface area (Å²) in [6.07, 6.45) is 4.14. The van der Waals surface area contributed by atoms with Crippen molar-refractivity contribution in [1.82, 2.24) is 0 Å². The fourth-order valence-corrected chi connectivity index (χ4v) is 5.86. The third-order valence-electron chi connectivity index (χ3n) is 5.70. The Morgan fingerprint density at radius 2 is 1.94 bits per heavy atom.